The van der Waals surface area contributed by atoms with Crippen LogP contribution >= 0.6 is 0 Å². The van der Waals surface area contributed by atoms with E-state index in [0.717, 1.165) is 11.1 Å². The van der Waals surface area contributed by atoms with Gasteiger partial charge in [-0.3, -0.25) is 4.79 Å². The molecule has 0 aliphatic heterocycles. The Balaban J connectivity index is 1.75. The van der Waals surface area contributed by atoms with Crippen LogP contribution in [0.25, 0.3) is 10.9 Å². The van der Waals surface area contributed by atoms with E-state index >= 15 is 0 Å². The quantitative estimate of drug-likeness (QED) is 0.752. The number of hydrogen-bond donors (Lipinski definition) is 2. The van der Waals surface area contributed by atoms with Crippen molar-refractivity contribution >= 4 is 16.8 Å². The van der Waals surface area contributed by atoms with Gasteiger partial charge in [0.2, 0.25) is 0 Å². The molecule has 0 aliphatic carbocycles. The molecule has 0 fully saturated rings. The van der Waals surface area contributed by atoms with Crippen molar-refractivity contribution in [3.63, 3.8) is 0 Å². The highest BCUT2D eigenvalue weighted by atomic mass is 19.1. The first-order valence-electron chi connectivity index (χ1n) is 6.33. The minimum absolute atomic E-state index is 0.203. The van der Waals surface area contributed by atoms with Crippen LogP contribution in [0.4, 0.5) is 4.39 Å². The van der Waals surface area contributed by atoms with Crippen LogP contribution in [-0.4, -0.2) is 10.9 Å². The van der Waals surface area contributed by atoms with Gasteiger partial charge in [-0.1, -0.05) is 30.3 Å². The molecule has 3 nitrogen and oxygen atoms in total. The second-order valence-electron chi connectivity index (χ2n) is 4.58. The molecule has 0 spiro atoms. The van der Waals surface area contributed by atoms with Crippen LogP contribution < -0.4 is 5.32 Å². The average Bonchev–Trinajstić information content (AvgIpc) is 2.89. The topological polar surface area (TPSA) is 44.9 Å². The van der Waals surface area contributed by atoms with Crippen LogP contribution in [0.5, 0.6) is 0 Å². The van der Waals surface area contributed by atoms with E-state index in [1.807, 2.05) is 30.3 Å². The highest BCUT2D eigenvalue weighted by Crippen LogP contribution is 2.16. The summed E-state index contributed by atoms with van der Waals surface area (Å²) in [6.45, 7) is 0.462. The summed E-state index contributed by atoms with van der Waals surface area (Å²) < 4.78 is 13.1. The predicted molar refractivity (Wildman–Crippen MR) is 75.9 cm³/mol. The lowest BCUT2D eigenvalue weighted by atomic mass is 10.2. The molecular weight excluding hydrogens is 255 g/mol. The SMILES string of the molecule is O=C(NCc1ccccc1)c1cc2cc(F)ccc2[nH]1. The van der Waals surface area contributed by atoms with E-state index in [1.54, 1.807) is 12.1 Å². The summed E-state index contributed by atoms with van der Waals surface area (Å²) in [5.41, 5.74) is 2.21. The fourth-order valence-corrected chi connectivity index (χ4v) is 2.10. The minimum atomic E-state index is -0.312. The average molecular weight is 268 g/mol. The molecule has 1 heterocycles. The third-order valence-electron chi connectivity index (χ3n) is 3.12. The Morgan fingerprint density at radius 1 is 1.10 bits per heavy atom. The number of carbonyl (C=O) groups excluding carboxylic acids is 1. The third kappa shape index (κ3) is 2.54. The summed E-state index contributed by atoms with van der Waals surface area (Å²) in [5.74, 6) is -0.516. The number of nitrogens with one attached hydrogen (secondary N) is 2. The van der Waals surface area contributed by atoms with Crippen LogP contribution in [0.2, 0.25) is 0 Å². The molecule has 0 saturated carbocycles. The number of rotatable bonds is 3. The zero-order valence-electron chi connectivity index (χ0n) is 10.7. The molecule has 100 valence electrons. The Bertz CT molecular complexity index is 750. The van der Waals surface area contributed by atoms with Crippen LogP contribution in [0, 0.1) is 5.82 Å². The van der Waals surface area contributed by atoms with E-state index in [0.29, 0.717) is 17.6 Å². The van der Waals surface area contributed by atoms with Gasteiger partial charge in [-0.2, -0.15) is 0 Å². The fraction of sp³-hybridized carbons (Fsp3) is 0.0625. The van der Waals surface area contributed by atoms with Crippen molar-refractivity contribution < 1.29 is 9.18 Å². The van der Waals surface area contributed by atoms with Crippen LogP contribution in [0.3, 0.4) is 0 Å². The molecule has 3 rings (SSSR count). The zero-order chi connectivity index (χ0) is 13.9. The van der Waals surface area contributed by atoms with Gasteiger partial charge in [-0.15, -0.1) is 0 Å². The first kappa shape index (κ1) is 12.4. The van der Waals surface area contributed by atoms with Gasteiger partial charge in [0.1, 0.15) is 11.5 Å². The van der Waals surface area contributed by atoms with E-state index < -0.39 is 0 Å². The molecule has 20 heavy (non-hydrogen) atoms. The Morgan fingerprint density at radius 2 is 1.90 bits per heavy atom. The summed E-state index contributed by atoms with van der Waals surface area (Å²) in [6.07, 6.45) is 0. The largest absolute Gasteiger partial charge is 0.351 e. The molecule has 1 amide bonds. The Labute approximate surface area is 115 Å². The van der Waals surface area contributed by atoms with Crippen molar-refractivity contribution in [3.8, 4) is 0 Å². The maximum absolute atomic E-state index is 13.1. The van der Waals surface area contributed by atoms with Gasteiger partial charge in [0.15, 0.2) is 0 Å². The summed E-state index contributed by atoms with van der Waals surface area (Å²) in [4.78, 5) is 15.0. The van der Waals surface area contributed by atoms with E-state index in [-0.39, 0.29) is 11.7 Å². The first-order valence-corrected chi connectivity index (χ1v) is 6.33. The van der Waals surface area contributed by atoms with E-state index in [4.69, 9.17) is 0 Å². The molecule has 3 aromatic rings. The number of aromatic amines is 1. The second-order valence-corrected chi connectivity index (χ2v) is 4.58. The van der Waals surface area contributed by atoms with Gasteiger partial charge < -0.3 is 10.3 Å². The van der Waals surface area contributed by atoms with Crippen molar-refractivity contribution in [2.24, 2.45) is 0 Å². The number of benzene rings is 2. The third-order valence-corrected chi connectivity index (χ3v) is 3.12. The number of fused-ring (bicyclic) bond motifs is 1. The monoisotopic (exact) mass is 268 g/mol. The van der Waals surface area contributed by atoms with Gasteiger partial charge in [0.05, 0.1) is 0 Å². The summed E-state index contributed by atoms with van der Waals surface area (Å²) in [6, 6.07) is 15.7. The maximum atomic E-state index is 13.1. The first-order chi connectivity index (χ1) is 9.72. The van der Waals surface area contributed by atoms with E-state index in [1.165, 1.54) is 12.1 Å². The van der Waals surface area contributed by atoms with E-state index in [2.05, 4.69) is 10.3 Å². The predicted octanol–water partition coefficient (Wildman–Crippen LogP) is 3.24. The number of H-pyrrole nitrogens is 1. The molecule has 0 atom stereocenters. The Morgan fingerprint density at radius 3 is 2.70 bits per heavy atom. The van der Waals surface area contributed by atoms with Gasteiger partial charge >= 0.3 is 0 Å². The Hall–Kier alpha value is -2.62. The molecular formula is C16H13FN2O. The lowest BCUT2D eigenvalue weighted by Crippen LogP contribution is -2.22. The summed E-state index contributed by atoms with van der Waals surface area (Å²) >= 11 is 0. The molecule has 0 bridgehead atoms. The molecule has 1 aromatic heterocycles. The summed E-state index contributed by atoms with van der Waals surface area (Å²) in [7, 11) is 0. The zero-order valence-corrected chi connectivity index (χ0v) is 10.7. The maximum Gasteiger partial charge on any atom is 0.267 e. The highest BCUT2D eigenvalue weighted by molar-refractivity contribution is 5.97. The molecule has 0 aliphatic rings. The van der Waals surface area contributed by atoms with Gasteiger partial charge in [0, 0.05) is 17.4 Å². The van der Waals surface area contributed by atoms with Crippen molar-refractivity contribution in [3.05, 3.63) is 71.7 Å². The molecule has 0 unspecified atom stereocenters. The van der Waals surface area contributed by atoms with Crippen molar-refractivity contribution in [1.82, 2.24) is 10.3 Å². The fourth-order valence-electron chi connectivity index (χ4n) is 2.10. The van der Waals surface area contributed by atoms with Gasteiger partial charge in [-0.05, 0) is 29.8 Å². The second kappa shape index (κ2) is 5.17. The van der Waals surface area contributed by atoms with Crippen molar-refractivity contribution in [2.45, 2.75) is 6.54 Å². The van der Waals surface area contributed by atoms with Crippen LogP contribution in [-0.2, 0) is 6.54 Å². The molecule has 4 heteroatoms. The molecule has 2 N–H and O–H groups in total. The van der Waals surface area contributed by atoms with Gasteiger partial charge in [0.25, 0.3) is 5.91 Å². The molecule has 0 radical (unpaired) electrons. The standard InChI is InChI=1S/C16H13FN2O/c17-13-6-7-14-12(8-13)9-15(19-14)16(20)18-10-11-4-2-1-3-5-11/h1-9,19H,10H2,(H,18,20). The van der Waals surface area contributed by atoms with E-state index in [9.17, 15) is 9.18 Å². The minimum Gasteiger partial charge on any atom is -0.351 e. The number of aromatic nitrogens is 1. The number of carbonyl (C=O) groups is 1. The van der Waals surface area contributed by atoms with Crippen molar-refractivity contribution in [2.75, 3.05) is 0 Å². The highest BCUT2D eigenvalue weighted by Gasteiger charge is 2.09. The lowest BCUT2D eigenvalue weighted by molar-refractivity contribution is 0.0947. The summed E-state index contributed by atoms with van der Waals surface area (Å²) in [5, 5.41) is 3.52. The Kier molecular flexibility index (Phi) is 3.21. The normalized spacial score (nSPS) is 10.7. The van der Waals surface area contributed by atoms with Crippen LogP contribution in [0.15, 0.2) is 54.6 Å². The number of amides is 1. The van der Waals surface area contributed by atoms with Gasteiger partial charge in [-0.25, -0.2) is 4.39 Å². The smallest absolute Gasteiger partial charge is 0.267 e. The van der Waals surface area contributed by atoms with Crippen LogP contribution in [0.1, 0.15) is 16.1 Å². The molecule has 0 saturated heterocycles. The molecule has 2 aromatic carbocycles. The lowest BCUT2D eigenvalue weighted by Gasteiger charge is -2.03. The van der Waals surface area contributed by atoms with Crippen molar-refractivity contribution in [1.29, 1.82) is 0 Å². The number of hydrogen-bond acceptors (Lipinski definition) is 1. The number of halogens is 1.